The third-order valence-corrected chi connectivity index (χ3v) is 4.90. The van der Waals surface area contributed by atoms with Gasteiger partial charge in [0, 0.05) is 24.0 Å². The van der Waals surface area contributed by atoms with Crippen LogP contribution < -0.4 is 10.9 Å². The number of hydrogen-bond donors (Lipinski definition) is 2. The molecule has 0 fully saturated rings. The molecule has 1 aliphatic rings. The van der Waals surface area contributed by atoms with Crippen molar-refractivity contribution in [3.05, 3.63) is 58.0 Å². The van der Waals surface area contributed by atoms with Crippen molar-refractivity contribution >= 4 is 17.6 Å². The minimum Gasteiger partial charge on any atom is -0.455 e. The third-order valence-electron chi connectivity index (χ3n) is 4.90. The molecule has 1 aromatic heterocycles. The van der Waals surface area contributed by atoms with Crippen molar-refractivity contribution in [2.75, 3.05) is 0 Å². The summed E-state index contributed by atoms with van der Waals surface area (Å²) in [6.07, 6.45) is 1.90. The van der Waals surface area contributed by atoms with Crippen LogP contribution in [-0.4, -0.2) is 17.6 Å². The zero-order chi connectivity index (χ0) is 19.8. The lowest BCUT2D eigenvalue weighted by molar-refractivity contribution is 0.0827. The van der Waals surface area contributed by atoms with Crippen LogP contribution >= 0.6 is 0 Å². The predicted octanol–water partition coefficient (Wildman–Crippen LogP) is 3.38. The van der Waals surface area contributed by atoms with E-state index in [1.54, 1.807) is 19.1 Å². The van der Waals surface area contributed by atoms with Gasteiger partial charge in [-0.25, -0.2) is 0 Å². The highest BCUT2D eigenvalue weighted by Crippen LogP contribution is 2.38. The van der Waals surface area contributed by atoms with Crippen LogP contribution in [0.15, 0.2) is 28.7 Å². The van der Waals surface area contributed by atoms with Gasteiger partial charge in [0.2, 0.25) is 0 Å². The molecule has 142 valence electrons. The predicted molar refractivity (Wildman–Crippen MR) is 101 cm³/mol. The molecule has 0 unspecified atom stereocenters. The van der Waals surface area contributed by atoms with Gasteiger partial charge in [-0.2, -0.15) is 0 Å². The standard InChI is InChI=1S/C21H24N2O4/c1-5-13-6-8-14(9-7-13)19(25)22-23-20(26)18-12(2)17-15(24)10-21(3,4)11-16(17)27-18/h6-9H,5,10-11H2,1-4H3,(H,22,25)(H,23,26). The number of benzene rings is 1. The molecule has 1 heterocycles. The van der Waals surface area contributed by atoms with Gasteiger partial charge >= 0.3 is 5.91 Å². The molecule has 0 spiro atoms. The highest BCUT2D eigenvalue weighted by Gasteiger charge is 2.37. The Hall–Kier alpha value is -2.89. The fourth-order valence-corrected chi connectivity index (χ4v) is 3.43. The molecule has 0 saturated heterocycles. The van der Waals surface area contributed by atoms with E-state index in [9.17, 15) is 14.4 Å². The molecule has 2 amide bonds. The number of aryl methyl sites for hydroxylation is 1. The maximum absolute atomic E-state index is 12.5. The zero-order valence-corrected chi connectivity index (χ0v) is 16.1. The molecule has 0 saturated carbocycles. The van der Waals surface area contributed by atoms with E-state index < -0.39 is 11.8 Å². The lowest BCUT2D eigenvalue weighted by Gasteiger charge is -2.27. The Balaban J connectivity index is 1.72. The summed E-state index contributed by atoms with van der Waals surface area (Å²) in [7, 11) is 0. The number of hydrazine groups is 1. The summed E-state index contributed by atoms with van der Waals surface area (Å²) >= 11 is 0. The van der Waals surface area contributed by atoms with Gasteiger partial charge in [0.05, 0.1) is 5.56 Å². The van der Waals surface area contributed by atoms with Gasteiger partial charge in [-0.1, -0.05) is 32.9 Å². The van der Waals surface area contributed by atoms with Gasteiger partial charge in [-0.15, -0.1) is 0 Å². The molecular formula is C21H24N2O4. The quantitative estimate of drug-likeness (QED) is 0.813. The smallest absolute Gasteiger partial charge is 0.305 e. The average molecular weight is 368 g/mol. The first kappa shape index (κ1) is 18.9. The van der Waals surface area contributed by atoms with Gasteiger partial charge < -0.3 is 4.42 Å². The van der Waals surface area contributed by atoms with Crippen LogP contribution in [0.25, 0.3) is 0 Å². The van der Waals surface area contributed by atoms with Crippen LogP contribution in [0.2, 0.25) is 0 Å². The van der Waals surface area contributed by atoms with Gasteiger partial charge in [0.1, 0.15) is 5.76 Å². The van der Waals surface area contributed by atoms with Crippen LogP contribution in [-0.2, 0) is 12.8 Å². The molecule has 0 atom stereocenters. The van der Waals surface area contributed by atoms with Gasteiger partial charge in [0.25, 0.3) is 5.91 Å². The summed E-state index contributed by atoms with van der Waals surface area (Å²) in [4.78, 5) is 37.0. The highest BCUT2D eigenvalue weighted by atomic mass is 16.4. The molecule has 0 aliphatic heterocycles. The number of carbonyl (C=O) groups excluding carboxylic acids is 3. The van der Waals surface area contributed by atoms with Crippen molar-refractivity contribution in [1.29, 1.82) is 0 Å². The lowest BCUT2D eigenvalue weighted by atomic mass is 9.76. The topological polar surface area (TPSA) is 88.4 Å². The van der Waals surface area contributed by atoms with Crippen LogP contribution in [0.5, 0.6) is 0 Å². The lowest BCUT2D eigenvalue weighted by Crippen LogP contribution is -2.41. The first-order chi connectivity index (χ1) is 12.7. The number of furan rings is 1. The molecule has 1 aliphatic carbocycles. The van der Waals surface area contributed by atoms with E-state index in [2.05, 4.69) is 10.9 Å². The molecule has 1 aromatic carbocycles. The molecule has 2 N–H and O–H groups in total. The first-order valence-corrected chi connectivity index (χ1v) is 9.07. The summed E-state index contributed by atoms with van der Waals surface area (Å²) < 4.78 is 5.69. The Labute approximate surface area is 158 Å². The Morgan fingerprint density at radius 2 is 1.70 bits per heavy atom. The molecule has 6 heteroatoms. The number of hydrogen-bond acceptors (Lipinski definition) is 4. The summed E-state index contributed by atoms with van der Waals surface area (Å²) in [5.41, 5.74) is 7.15. The summed E-state index contributed by atoms with van der Waals surface area (Å²) in [6.45, 7) is 7.72. The van der Waals surface area contributed by atoms with E-state index in [-0.39, 0.29) is 17.0 Å². The Morgan fingerprint density at radius 1 is 1.07 bits per heavy atom. The number of ketones is 1. The van der Waals surface area contributed by atoms with Gasteiger partial charge in [-0.05, 0) is 36.5 Å². The van der Waals surface area contributed by atoms with Gasteiger partial charge in [-0.3, -0.25) is 25.2 Å². The fourth-order valence-electron chi connectivity index (χ4n) is 3.43. The molecule has 27 heavy (non-hydrogen) atoms. The third kappa shape index (κ3) is 3.79. The SMILES string of the molecule is CCc1ccc(C(=O)NNC(=O)c2oc3c(c2C)C(=O)CC(C)(C)C3)cc1. The summed E-state index contributed by atoms with van der Waals surface area (Å²) in [5.74, 6) is -0.405. The van der Waals surface area contributed by atoms with E-state index in [0.29, 0.717) is 35.3 Å². The number of Topliss-reactive ketones (excluding diaryl/α,β-unsaturated/α-hetero) is 1. The first-order valence-electron chi connectivity index (χ1n) is 9.07. The van der Waals surface area contributed by atoms with E-state index in [1.807, 2.05) is 32.9 Å². The largest absolute Gasteiger partial charge is 0.455 e. The Morgan fingerprint density at radius 3 is 2.33 bits per heavy atom. The van der Waals surface area contributed by atoms with Crippen LogP contribution in [0.3, 0.4) is 0 Å². The second-order valence-electron chi connectivity index (χ2n) is 7.75. The molecule has 0 radical (unpaired) electrons. The van der Waals surface area contributed by atoms with Crippen molar-refractivity contribution in [2.24, 2.45) is 5.41 Å². The van der Waals surface area contributed by atoms with Crippen LogP contribution in [0.4, 0.5) is 0 Å². The van der Waals surface area contributed by atoms with Crippen molar-refractivity contribution in [3.8, 4) is 0 Å². The number of rotatable bonds is 3. The minimum atomic E-state index is -0.578. The maximum atomic E-state index is 12.5. The normalized spacial score (nSPS) is 15.2. The molecule has 3 rings (SSSR count). The summed E-state index contributed by atoms with van der Waals surface area (Å²) in [5, 5.41) is 0. The Bertz CT molecular complexity index is 907. The highest BCUT2D eigenvalue weighted by molar-refractivity contribution is 6.04. The van der Waals surface area contributed by atoms with E-state index in [0.717, 1.165) is 12.0 Å². The van der Waals surface area contributed by atoms with E-state index in [4.69, 9.17) is 4.42 Å². The second-order valence-corrected chi connectivity index (χ2v) is 7.75. The number of amides is 2. The van der Waals surface area contributed by atoms with Gasteiger partial charge in [0.15, 0.2) is 11.5 Å². The zero-order valence-electron chi connectivity index (χ0n) is 16.1. The Kier molecular flexibility index (Phi) is 4.91. The monoisotopic (exact) mass is 368 g/mol. The van der Waals surface area contributed by atoms with E-state index >= 15 is 0 Å². The number of fused-ring (bicyclic) bond motifs is 1. The molecule has 0 bridgehead atoms. The average Bonchev–Trinajstić information content (AvgIpc) is 2.94. The van der Waals surface area contributed by atoms with Crippen molar-refractivity contribution < 1.29 is 18.8 Å². The van der Waals surface area contributed by atoms with Crippen LogP contribution in [0.1, 0.15) is 75.3 Å². The number of nitrogens with one attached hydrogen (secondary N) is 2. The summed E-state index contributed by atoms with van der Waals surface area (Å²) in [6, 6.07) is 7.15. The van der Waals surface area contributed by atoms with E-state index in [1.165, 1.54) is 0 Å². The molecular weight excluding hydrogens is 344 g/mol. The fraction of sp³-hybridized carbons (Fsp3) is 0.381. The van der Waals surface area contributed by atoms with Crippen molar-refractivity contribution in [3.63, 3.8) is 0 Å². The maximum Gasteiger partial charge on any atom is 0.305 e. The van der Waals surface area contributed by atoms with Crippen molar-refractivity contribution in [2.45, 2.75) is 47.0 Å². The molecule has 6 nitrogen and oxygen atoms in total. The second kappa shape index (κ2) is 7.02. The van der Waals surface area contributed by atoms with Crippen LogP contribution in [0, 0.1) is 12.3 Å². The molecule has 2 aromatic rings. The number of carbonyl (C=O) groups is 3. The minimum absolute atomic E-state index is 0.0124. The van der Waals surface area contributed by atoms with Crippen molar-refractivity contribution in [1.82, 2.24) is 10.9 Å².